The zero-order valence-corrected chi connectivity index (χ0v) is 12.2. The number of aromatic nitrogens is 1. The van der Waals surface area contributed by atoms with E-state index in [0.717, 1.165) is 12.5 Å². The summed E-state index contributed by atoms with van der Waals surface area (Å²) in [5.41, 5.74) is 5.36. The highest BCUT2D eigenvalue weighted by Crippen LogP contribution is 2.32. The van der Waals surface area contributed by atoms with Crippen molar-refractivity contribution in [3.63, 3.8) is 0 Å². The van der Waals surface area contributed by atoms with Crippen molar-refractivity contribution in [2.45, 2.75) is 32.2 Å². The predicted octanol–water partition coefficient (Wildman–Crippen LogP) is 2.42. The molecule has 1 saturated heterocycles. The Labute approximate surface area is 122 Å². The first kappa shape index (κ1) is 16.0. The zero-order valence-electron chi connectivity index (χ0n) is 12.2. The van der Waals surface area contributed by atoms with E-state index in [1.807, 2.05) is 4.90 Å². The number of piperidine rings is 1. The molecule has 1 aliphatic rings. The molecule has 118 valence electrons. The zero-order chi connectivity index (χ0) is 15.6. The molecule has 0 aliphatic carbocycles. The maximum atomic E-state index is 12.8. The van der Waals surface area contributed by atoms with Crippen LogP contribution in [-0.4, -0.2) is 31.3 Å². The number of alkyl halides is 3. The van der Waals surface area contributed by atoms with Crippen LogP contribution in [0.3, 0.4) is 0 Å². The molecule has 0 radical (unpaired) electrons. The van der Waals surface area contributed by atoms with E-state index >= 15 is 0 Å². The van der Waals surface area contributed by atoms with Gasteiger partial charge in [-0.05, 0) is 18.4 Å². The van der Waals surface area contributed by atoms with Gasteiger partial charge in [0.05, 0.1) is 6.10 Å². The first-order valence-electron chi connectivity index (χ1n) is 6.91. The summed E-state index contributed by atoms with van der Waals surface area (Å²) < 4.78 is 43.9. The Morgan fingerprint density at radius 2 is 2.14 bits per heavy atom. The molecule has 2 rings (SSSR count). The highest BCUT2D eigenvalue weighted by molar-refractivity contribution is 5.48. The van der Waals surface area contributed by atoms with Crippen molar-refractivity contribution in [2.75, 3.05) is 25.1 Å². The van der Waals surface area contributed by atoms with Gasteiger partial charge in [-0.2, -0.15) is 13.2 Å². The molecule has 0 spiro atoms. The maximum Gasteiger partial charge on any atom is 0.433 e. The molecular formula is C14H20F3N3O. The van der Waals surface area contributed by atoms with Gasteiger partial charge in [-0.25, -0.2) is 4.98 Å². The molecule has 7 heteroatoms. The van der Waals surface area contributed by atoms with Crippen LogP contribution in [-0.2, 0) is 17.5 Å². The van der Waals surface area contributed by atoms with Crippen LogP contribution in [0, 0.1) is 5.92 Å². The number of ether oxygens (including phenoxy) is 1. The van der Waals surface area contributed by atoms with Crippen LogP contribution in [0.1, 0.15) is 24.6 Å². The standard InChI is InChI=1S/C14H20F3N3O/c1-9-5-6-20(8-11(9)21-2)13-10(7-18)3-4-12(19-13)14(15,16)17/h3-4,9,11H,5-8,18H2,1-2H3. The third-order valence-corrected chi connectivity index (χ3v) is 3.96. The quantitative estimate of drug-likeness (QED) is 0.932. The summed E-state index contributed by atoms with van der Waals surface area (Å²) in [6.45, 7) is 3.42. The van der Waals surface area contributed by atoms with E-state index in [1.165, 1.54) is 6.07 Å². The summed E-state index contributed by atoms with van der Waals surface area (Å²) in [5, 5.41) is 0. The van der Waals surface area contributed by atoms with Gasteiger partial charge in [0.15, 0.2) is 0 Å². The summed E-state index contributed by atoms with van der Waals surface area (Å²) in [5.74, 6) is 0.694. The lowest BCUT2D eigenvalue weighted by atomic mass is 9.95. The molecular weight excluding hydrogens is 283 g/mol. The van der Waals surface area contributed by atoms with Gasteiger partial charge in [-0.15, -0.1) is 0 Å². The Hall–Kier alpha value is -1.34. The molecule has 1 aliphatic heterocycles. The summed E-state index contributed by atoms with van der Waals surface area (Å²) in [6.07, 6.45) is -3.62. The number of nitrogens with two attached hydrogens (primary N) is 1. The topological polar surface area (TPSA) is 51.4 Å². The Morgan fingerprint density at radius 1 is 1.43 bits per heavy atom. The molecule has 2 heterocycles. The van der Waals surface area contributed by atoms with Crippen LogP contribution in [0.25, 0.3) is 0 Å². The summed E-state index contributed by atoms with van der Waals surface area (Å²) in [7, 11) is 1.62. The third kappa shape index (κ3) is 3.47. The number of hydrogen-bond acceptors (Lipinski definition) is 4. The molecule has 1 aromatic heterocycles. The minimum atomic E-state index is -4.45. The largest absolute Gasteiger partial charge is 0.433 e. The van der Waals surface area contributed by atoms with Gasteiger partial charge in [-0.1, -0.05) is 13.0 Å². The molecule has 0 saturated carbocycles. The van der Waals surface area contributed by atoms with Crippen LogP contribution in [0.2, 0.25) is 0 Å². The van der Waals surface area contributed by atoms with Crippen LogP contribution >= 0.6 is 0 Å². The van der Waals surface area contributed by atoms with E-state index in [-0.39, 0.29) is 12.6 Å². The molecule has 2 N–H and O–H groups in total. The van der Waals surface area contributed by atoms with Crippen molar-refractivity contribution in [3.05, 3.63) is 23.4 Å². The fraction of sp³-hybridized carbons (Fsp3) is 0.643. The number of rotatable bonds is 3. The highest BCUT2D eigenvalue weighted by Gasteiger charge is 2.34. The van der Waals surface area contributed by atoms with E-state index in [0.29, 0.717) is 30.4 Å². The summed E-state index contributed by atoms with van der Waals surface area (Å²) >= 11 is 0. The average molecular weight is 303 g/mol. The smallest absolute Gasteiger partial charge is 0.379 e. The van der Waals surface area contributed by atoms with Crippen molar-refractivity contribution in [3.8, 4) is 0 Å². The lowest BCUT2D eigenvalue weighted by molar-refractivity contribution is -0.141. The van der Waals surface area contributed by atoms with Gasteiger partial charge in [-0.3, -0.25) is 0 Å². The first-order valence-corrected chi connectivity index (χ1v) is 6.91. The van der Waals surface area contributed by atoms with Crippen molar-refractivity contribution in [1.82, 2.24) is 4.98 Å². The monoisotopic (exact) mass is 303 g/mol. The number of hydrogen-bond donors (Lipinski definition) is 1. The number of pyridine rings is 1. The van der Waals surface area contributed by atoms with Gasteiger partial charge < -0.3 is 15.4 Å². The van der Waals surface area contributed by atoms with E-state index in [1.54, 1.807) is 7.11 Å². The van der Waals surface area contributed by atoms with Crippen LogP contribution < -0.4 is 10.6 Å². The lowest BCUT2D eigenvalue weighted by Crippen LogP contribution is -2.44. The van der Waals surface area contributed by atoms with Crippen molar-refractivity contribution in [2.24, 2.45) is 11.7 Å². The number of anilines is 1. The van der Waals surface area contributed by atoms with E-state index in [9.17, 15) is 13.2 Å². The Balaban J connectivity index is 2.33. The second kappa shape index (κ2) is 6.19. The predicted molar refractivity (Wildman–Crippen MR) is 73.9 cm³/mol. The highest BCUT2D eigenvalue weighted by atomic mass is 19.4. The lowest BCUT2D eigenvalue weighted by Gasteiger charge is -2.37. The second-order valence-corrected chi connectivity index (χ2v) is 5.37. The number of halogens is 3. The fourth-order valence-electron chi connectivity index (χ4n) is 2.60. The maximum absolute atomic E-state index is 12.8. The van der Waals surface area contributed by atoms with E-state index in [2.05, 4.69) is 11.9 Å². The Kier molecular flexibility index (Phi) is 4.73. The normalized spacial score (nSPS) is 23.4. The molecule has 0 bridgehead atoms. The third-order valence-electron chi connectivity index (χ3n) is 3.96. The van der Waals surface area contributed by atoms with Gasteiger partial charge >= 0.3 is 6.18 Å². The molecule has 1 aromatic rings. The summed E-state index contributed by atoms with van der Waals surface area (Å²) in [6, 6.07) is 2.39. The van der Waals surface area contributed by atoms with Crippen LogP contribution in [0.15, 0.2) is 12.1 Å². The minimum Gasteiger partial charge on any atom is -0.379 e. The van der Waals surface area contributed by atoms with Gasteiger partial charge in [0.2, 0.25) is 0 Å². The SMILES string of the molecule is COC1CN(c2nc(C(F)(F)F)ccc2CN)CCC1C. The van der Waals surface area contributed by atoms with Gasteiger partial charge in [0.25, 0.3) is 0 Å². The van der Waals surface area contributed by atoms with Crippen molar-refractivity contribution >= 4 is 5.82 Å². The fourth-order valence-corrected chi connectivity index (χ4v) is 2.60. The Morgan fingerprint density at radius 3 is 2.71 bits per heavy atom. The van der Waals surface area contributed by atoms with Crippen LogP contribution in [0.4, 0.5) is 19.0 Å². The van der Waals surface area contributed by atoms with Crippen LogP contribution in [0.5, 0.6) is 0 Å². The second-order valence-electron chi connectivity index (χ2n) is 5.37. The van der Waals surface area contributed by atoms with Crippen molar-refractivity contribution < 1.29 is 17.9 Å². The average Bonchev–Trinajstić information content (AvgIpc) is 2.46. The molecule has 1 fully saturated rings. The van der Waals surface area contributed by atoms with E-state index < -0.39 is 11.9 Å². The first-order chi connectivity index (χ1) is 9.86. The molecule has 2 unspecified atom stereocenters. The van der Waals surface area contributed by atoms with Gasteiger partial charge in [0, 0.05) is 32.3 Å². The molecule has 4 nitrogen and oxygen atoms in total. The minimum absolute atomic E-state index is 0.0132. The van der Waals surface area contributed by atoms with Crippen molar-refractivity contribution in [1.29, 1.82) is 0 Å². The number of methoxy groups -OCH3 is 1. The van der Waals surface area contributed by atoms with Gasteiger partial charge in [0.1, 0.15) is 11.5 Å². The number of nitrogens with zero attached hydrogens (tertiary/aromatic N) is 2. The molecule has 0 aromatic carbocycles. The molecule has 21 heavy (non-hydrogen) atoms. The summed E-state index contributed by atoms with van der Waals surface area (Å²) in [4.78, 5) is 5.64. The molecule has 0 amide bonds. The molecule has 2 atom stereocenters. The van der Waals surface area contributed by atoms with E-state index in [4.69, 9.17) is 10.5 Å². The Bertz CT molecular complexity index is 493.